The van der Waals surface area contributed by atoms with Crippen molar-refractivity contribution in [1.29, 1.82) is 0 Å². The number of pyridine rings is 1. The van der Waals surface area contributed by atoms with Crippen molar-refractivity contribution in [3.05, 3.63) is 61.5 Å². The highest BCUT2D eigenvalue weighted by atomic mass is 127. The Kier molecular flexibility index (Phi) is 8.25. The smallest absolute Gasteiger partial charge is 0.410 e. The van der Waals surface area contributed by atoms with Crippen molar-refractivity contribution >= 4 is 30.9 Å². The lowest BCUT2D eigenvalue weighted by molar-refractivity contribution is -0.137. The highest BCUT2D eigenvalue weighted by molar-refractivity contribution is 14.1. The van der Waals surface area contributed by atoms with Crippen LogP contribution in [0.15, 0.2) is 24.3 Å². The Morgan fingerprint density at radius 2 is 1.66 bits per heavy atom. The van der Waals surface area contributed by atoms with Gasteiger partial charge in [0.1, 0.15) is 6.10 Å². The van der Waals surface area contributed by atoms with Crippen molar-refractivity contribution in [2.45, 2.75) is 116 Å². The Morgan fingerprint density at radius 1 is 1.08 bits per heavy atom. The second kappa shape index (κ2) is 10.5. The molecule has 4 rings (SSSR count). The number of benzene rings is 1. The highest BCUT2D eigenvalue weighted by Crippen LogP contribution is 2.51. The number of fused-ring (bicyclic) bond motifs is 1. The molecule has 1 N–H and O–H groups in total. The maximum absolute atomic E-state index is 13.2. The molecular weight excluding hydrogens is 618 g/mol. The van der Waals surface area contributed by atoms with Crippen molar-refractivity contribution in [2.75, 3.05) is 0 Å². The zero-order chi connectivity index (χ0) is 28.3. The van der Waals surface area contributed by atoms with Crippen molar-refractivity contribution in [3.63, 3.8) is 0 Å². The fourth-order valence-corrected chi connectivity index (χ4v) is 8.16. The van der Waals surface area contributed by atoms with Crippen LogP contribution in [0.3, 0.4) is 0 Å². The van der Waals surface area contributed by atoms with Gasteiger partial charge in [-0.05, 0) is 89.5 Å². The average Bonchev–Trinajstić information content (AvgIpc) is 3.30. The monoisotopic (exact) mass is 659 g/mol. The van der Waals surface area contributed by atoms with Crippen LogP contribution in [0.2, 0.25) is 18.1 Å². The topological polar surface area (TPSA) is 42.4 Å². The van der Waals surface area contributed by atoms with E-state index in [-0.39, 0.29) is 22.5 Å². The molecule has 0 bridgehead atoms. The molecule has 0 radical (unpaired) electrons. The van der Waals surface area contributed by atoms with E-state index in [9.17, 15) is 18.3 Å². The average molecular weight is 660 g/mol. The molecule has 2 aromatic rings. The summed E-state index contributed by atoms with van der Waals surface area (Å²) in [7, 11) is -2.12. The third-order valence-electron chi connectivity index (χ3n) is 8.83. The molecule has 2 aliphatic rings. The van der Waals surface area contributed by atoms with E-state index >= 15 is 0 Å². The summed E-state index contributed by atoms with van der Waals surface area (Å²) in [5, 5.41) is 11.7. The van der Waals surface area contributed by atoms with Crippen LogP contribution in [0.4, 0.5) is 13.2 Å². The SMILES string of the molecule is CC1(C)Cc2nc(C3CCCC3)c(C(O)c3ccc(C(F)(F)F)cc3)c(I)c2C(O[Si](C)(C)C(C)(C)C)C1. The van der Waals surface area contributed by atoms with Crippen LogP contribution in [0.5, 0.6) is 0 Å². The van der Waals surface area contributed by atoms with Crippen molar-refractivity contribution in [2.24, 2.45) is 5.41 Å². The number of hydrogen-bond acceptors (Lipinski definition) is 3. The summed E-state index contributed by atoms with van der Waals surface area (Å²) in [6.07, 6.45) is 0.378. The fourth-order valence-electron chi connectivity index (χ4n) is 5.67. The summed E-state index contributed by atoms with van der Waals surface area (Å²) in [6.45, 7) is 15.8. The summed E-state index contributed by atoms with van der Waals surface area (Å²) in [6, 6.07) is 4.90. The van der Waals surface area contributed by atoms with E-state index in [0.717, 1.165) is 76.7 Å². The summed E-state index contributed by atoms with van der Waals surface area (Å²) in [5.74, 6) is 0.248. The molecule has 2 unspecified atom stereocenters. The third kappa shape index (κ3) is 6.03. The van der Waals surface area contributed by atoms with Gasteiger partial charge in [0.15, 0.2) is 8.32 Å². The molecule has 38 heavy (non-hydrogen) atoms. The molecule has 0 saturated heterocycles. The Bertz CT molecular complexity index is 1170. The summed E-state index contributed by atoms with van der Waals surface area (Å²) in [5.41, 5.74) is 3.55. The van der Waals surface area contributed by atoms with E-state index in [1.54, 1.807) is 0 Å². The van der Waals surface area contributed by atoms with Crippen LogP contribution in [0, 0.1) is 8.99 Å². The van der Waals surface area contributed by atoms with Gasteiger partial charge in [0.05, 0.1) is 17.4 Å². The predicted octanol–water partition coefficient (Wildman–Crippen LogP) is 9.48. The molecule has 0 aliphatic heterocycles. The molecule has 2 atom stereocenters. The lowest BCUT2D eigenvalue weighted by atomic mass is 9.74. The number of nitrogens with zero attached hydrogens (tertiary/aromatic N) is 1. The predicted molar refractivity (Wildman–Crippen MR) is 157 cm³/mol. The minimum atomic E-state index is -4.42. The Hall–Kier alpha value is -0.973. The van der Waals surface area contributed by atoms with E-state index in [0.29, 0.717) is 5.56 Å². The molecule has 1 saturated carbocycles. The molecule has 2 aliphatic carbocycles. The molecule has 8 heteroatoms. The number of aliphatic hydroxyl groups excluding tert-OH is 1. The molecule has 1 aromatic carbocycles. The Morgan fingerprint density at radius 3 is 2.18 bits per heavy atom. The van der Waals surface area contributed by atoms with Crippen LogP contribution < -0.4 is 0 Å². The first kappa shape index (κ1) is 30.0. The van der Waals surface area contributed by atoms with Gasteiger partial charge < -0.3 is 9.53 Å². The molecule has 1 heterocycles. The van der Waals surface area contributed by atoms with Crippen LogP contribution in [-0.2, 0) is 17.0 Å². The van der Waals surface area contributed by atoms with Gasteiger partial charge >= 0.3 is 6.18 Å². The van der Waals surface area contributed by atoms with E-state index in [1.807, 2.05) is 0 Å². The highest BCUT2D eigenvalue weighted by Gasteiger charge is 2.45. The first-order valence-corrected chi connectivity index (χ1v) is 17.6. The van der Waals surface area contributed by atoms with Crippen molar-refractivity contribution in [3.8, 4) is 0 Å². The van der Waals surface area contributed by atoms with Gasteiger partial charge in [-0.2, -0.15) is 13.2 Å². The largest absolute Gasteiger partial charge is 0.416 e. The van der Waals surface area contributed by atoms with Gasteiger partial charge in [0, 0.05) is 26.3 Å². The first-order valence-electron chi connectivity index (χ1n) is 13.7. The van der Waals surface area contributed by atoms with Gasteiger partial charge in [0.2, 0.25) is 0 Å². The van der Waals surface area contributed by atoms with E-state index < -0.39 is 26.2 Å². The maximum Gasteiger partial charge on any atom is 0.416 e. The quantitative estimate of drug-likeness (QED) is 0.257. The molecule has 0 spiro atoms. The van der Waals surface area contributed by atoms with Gasteiger partial charge in [0.25, 0.3) is 0 Å². The minimum Gasteiger partial charge on any atom is -0.410 e. The van der Waals surface area contributed by atoms with Crippen LogP contribution in [0.25, 0.3) is 0 Å². The number of rotatable bonds is 5. The summed E-state index contributed by atoms with van der Waals surface area (Å²) in [4.78, 5) is 5.29. The first-order chi connectivity index (χ1) is 17.4. The number of hydrogen-bond donors (Lipinski definition) is 1. The van der Waals surface area contributed by atoms with Gasteiger partial charge in [-0.3, -0.25) is 4.98 Å². The van der Waals surface area contributed by atoms with Crippen LogP contribution >= 0.6 is 22.6 Å². The molecule has 1 aromatic heterocycles. The van der Waals surface area contributed by atoms with E-state index in [1.165, 1.54) is 12.1 Å². The number of aromatic nitrogens is 1. The van der Waals surface area contributed by atoms with Crippen molar-refractivity contribution in [1.82, 2.24) is 4.98 Å². The zero-order valence-electron chi connectivity index (χ0n) is 23.6. The third-order valence-corrected chi connectivity index (χ3v) is 14.5. The molecule has 3 nitrogen and oxygen atoms in total. The number of alkyl halides is 3. The molecule has 210 valence electrons. The van der Waals surface area contributed by atoms with Gasteiger partial charge in [-0.1, -0.05) is 59.6 Å². The second-order valence-electron chi connectivity index (χ2n) is 13.5. The van der Waals surface area contributed by atoms with Crippen LogP contribution in [-0.4, -0.2) is 18.4 Å². The normalized spacial score (nSPS) is 21.4. The van der Waals surface area contributed by atoms with Gasteiger partial charge in [-0.25, -0.2) is 0 Å². The standard InChI is InChI=1S/C30H41F3INO2Si/c1-28(2,3)38(6,7)37-22-17-29(4,5)16-21-23(22)25(34)24(26(35-21)18-10-8-9-11-18)27(36)19-12-14-20(15-13-19)30(31,32)33/h12-15,18,22,27,36H,8-11,16-17H2,1-7H3. The molecular formula is C30H41F3INO2Si. The Balaban J connectivity index is 1.87. The van der Waals surface area contributed by atoms with Gasteiger partial charge in [-0.15, -0.1) is 0 Å². The van der Waals surface area contributed by atoms with Crippen molar-refractivity contribution < 1.29 is 22.7 Å². The van der Waals surface area contributed by atoms with E-state index in [4.69, 9.17) is 9.41 Å². The molecule has 0 amide bonds. The number of halogens is 4. The number of aliphatic hydroxyl groups is 1. The summed E-state index contributed by atoms with van der Waals surface area (Å²) >= 11 is 2.35. The lowest BCUT2D eigenvalue weighted by Gasteiger charge is -2.44. The fraction of sp³-hybridized carbons (Fsp3) is 0.633. The molecule has 1 fully saturated rings. The lowest BCUT2D eigenvalue weighted by Crippen LogP contribution is -2.44. The Labute approximate surface area is 240 Å². The zero-order valence-corrected chi connectivity index (χ0v) is 26.8. The summed E-state index contributed by atoms with van der Waals surface area (Å²) < 4.78 is 47.6. The van der Waals surface area contributed by atoms with Crippen LogP contribution in [0.1, 0.15) is 118 Å². The maximum atomic E-state index is 13.2. The van der Waals surface area contributed by atoms with E-state index in [2.05, 4.69) is 70.3 Å². The minimum absolute atomic E-state index is 0.0244. The second-order valence-corrected chi connectivity index (χ2v) is 19.3.